The molecular weight excluding hydrogens is 304 g/mol. The maximum atomic E-state index is 12.7. The van der Waals surface area contributed by atoms with Gasteiger partial charge in [0.05, 0.1) is 19.0 Å². The highest BCUT2D eigenvalue weighted by molar-refractivity contribution is 5.99. The minimum atomic E-state index is -0.0398. The molecule has 1 aliphatic carbocycles. The molecule has 1 aromatic carbocycles. The molecule has 24 heavy (non-hydrogen) atoms. The van der Waals surface area contributed by atoms with Crippen LogP contribution < -0.4 is 15.4 Å². The molecule has 6 nitrogen and oxygen atoms in total. The molecule has 1 amide bonds. The summed E-state index contributed by atoms with van der Waals surface area (Å²) >= 11 is 0. The van der Waals surface area contributed by atoms with Gasteiger partial charge < -0.3 is 15.4 Å². The SMILES string of the molecule is COc1ccc2c(c1)-n1ncc(C(=O)NC3CCCCC3)c1NC2. The fourth-order valence-electron chi connectivity index (χ4n) is 3.57. The summed E-state index contributed by atoms with van der Waals surface area (Å²) in [5.74, 6) is 1.50. The molecule has 0 saturated heterocycles. The van der Waals surface area contributed by atoms with Crippen LogP contribution in [0.3, 0.4) is 0 Å². The van der Waals surface area contributed by atoms with Gasteiger partial charge in [-0.2, -0.15) is 5.10 Å². The number of amides is 1. The number of nitrogens with zero attached hydrogens (tertiary/aromatic N) is 2. The van der Waals surface area contributed by atoms with Crippen LogP contribution in [-0.2, 0) is 6.54 Å². The molecule has 1 saturated carbocycles. The van der Waals surface area contributed by atoms with Crippen molar-refractivity contribution in [2.24, 2.45) is 0 Å². The number of hydrogen-bond donors (Lipinski definition) is 2. The molecule has 4 rings (SSSR count). The lowest BCUT2D eigenvalue weighted by molar-refractivity contribution is 0.0928. The summed E-state index contributed by atoms with van der Waals surface area (Å²) in [5, 5.41) is 10.9. The van der Waals surface area contributed by atoms with Gasteiger partial charge in [-0.3, -0.25) is 4.79 Å². The lowest BCUT2D eigenvalue weighted by Gasteiger charge is -2.24. The van der Waals surface area contributed by atoms with Crippen molar-refractivity contribution in [2.75, 3.05) is 12.4 Å². The van der Waals surface area contributed by atoms with Gasteiger partial charge in [-0.05, 0) is 24.5 Å². The summed E-state index contributed by atoms with van der Waals surface area (Å²) in [6.45, 7) is 0.675. The largest absolute Gasteiger partial charge is 0.497 e. The van der Waals surface area contributed by atoms with Crippen LogP contribution in [0.5, 0.6) is 5.75 Å². The van der Waals surface area contributed by atoms with E-state index in [9.17, 15) is 4.79 Å². The smallest absolute Gasteiger partial charge is 0.256 e. The fraction of sp³-hybridized carbons (Fsp3) is 0.444. The maximum Gasteiger partial charge on any atom is 0.256 e. The Balaban J connectivity index is 1.61. The highest BCUT2D eigenvalue weighted by Gasteiger charge is 2.25. The number of carbonyl (C=O) groups excluding carboxylic acids is 1. The Hall–Kier alpha value is -2.50. The number of aromatic nitrogens is 2. The molecule has 0 spiro atoms. The van der Waals surface area contributed by atoms with Gasteiger partial charge >= 0.3 is 0 Å². The minimum absolute atomic E-state index is 0.0398. The topological polar surface area (TPSA) is 68.2 Å². The summed E-state index contributed by atoms with van der Waals surface area (Å²) in [7, 11) is 1.65. The summed E-state index contributed by atoms with van der Waals surface area (Å²) in [6, 6.07) is 6.20. The Morgan fingerprint density at radius 3 is 2.96 bits per heavy atom. The lowest BCUT2D eigenvalue weighted by Crippen LogP contribution is -2.36. The van der Waals surface area contributed by atoms with Gasteiger partial charge in [0.1, 0.15) is 17.1 Å². The Labute approximate surface area is 141 Å². The highest BCUT2D eigenvalue weighted by atomic mass is 16.5. The Bertz CT molecular complexity index is 762. The van der Waals surface area contributed by atoms with Crippen molar-refractivity contribution in [3.63, 3.8) is 0 Å². The van der Waals surface area contributed by atoms with E-state index >= 15 is 0 Å². The van der Waals surface area contributed by atoms with Gasteiger partial charge in [0.15, 0.2) is 0 Å². The van der Waals surface area contributed by atoms with E-state index in [2.05, 4.69) is 15.7 Å². The normalized spacial score (nSPS) is 16.7. The van der Waals surface area contributed by atoms with Crippen molar-refractivity contribution >= 4 is 11.7 Å². The second-order valence-corrected chi connectivity index (χ2v) is 6.48. The van der Waals surface area contributed by atoms with Crippen LogP contribution >= 0.6 is 0 Å². The number of methoxy groups -OCH3 is 1. The van der Waals surface area contributed by atoms with E-state index in [4.69, 9.17) is 4.74 Å². The van der Waals surface area contributed by atoms with Crippen molar-refractivity contribution < 1.29 is 9.53 Å². The van der Waals surface area contributed by atoms with E-state index in [1.165, 1.54) is 19.3 Å². The van der Waals surface area contributed by atoms with Crippen LogP contribution in [0.1, 0.15) is 48.0 Å². The number of nitrogens with one attached hydrogen (secondary N) is 2. The second-order valence-electron chi connectivity index (χ2n) is 6.48. The molecule has 2 heterocycles. The summed E-state index contributed by atoms with van der Waals surface area (Å²) in [4.78, 5) is 12.7. The Kier molecular flexibility index (Phi) is 3.88. The predicted molar refractivity (Wildman–Crippen MR) is 91.8 cm³/mol. The van der Waals surface area contributed by atoms with E-state index in [1.54, 1.807) is 18.0 Å². The van der Waals surface area contributed by atoms with Crippen molar-refractivity contribution in [3.8, 4) is 11.4 Å². The van der Waals surface area contributed by atoms with Gasteiger partial charge in [-0.15, -0.1) is 0 Å². The van der Waals surface area contributed by atoms with Crippen molar-refractivity contribution in [1.29, 1.82) is 0 Å². The van der Waals surface area contributed by atoms with Crippen molar-refractivity contribution in [2.45, 2.75) is 44.7 Å². The fourth-order valence-corrected chi connectivity index (χ4v) is 3.57. The molecule has 6 heteroatoms. The first-order valence-corrected chi connectivity index (χ1v) is 8.56. The zero-order chi connectivity index (χ0) is 16.5. The lowest BCUT2D eigenvalue weighted by atomic mass is 9.95. The molecule has 0 bridgehead atoms. The van der Waals surface area contributed by atoms with Crippen molar-refractivity contribution in [3.05, 3.63) is 35.5 Å². The van der Waals surface area contributed by atoms with Crippen LogP contribution in [0, 0.1) is 0 Å². The molecule has 1 aliphatic heterocycles. The summed E-state index contributed by atoms with van der Waals surface area (Å²) in [5.41, 5.74) is 2.69. The number of fused-ring (bicyclic) bond motifs is 3. The van der Waals surface area contributed by atoms with Gasteiger partial charge in [-0.1, -0.05) is 25.3 Å². The standard InChI is InChI=1S/C18H22N4O2/c1-24-14-8-7-12-10-19-17-15(11-20-22(17)16(12)9-14)18(23)21-13-5-3-2-4-6-13/h7-9,11,13,19H,2-6,10H2,1H3,(H,21,23). The Morgan fingerprint density at radius 1 is 1.33 bits per heavy atom. The molecule has 2 aliphatic rings. The minimum Gasteiger partial charge on any atom is -0.497 e. The zero-order valence-electron chi connectivity index (χ0n) is 13.8. The maximum absolute atomic E-state index is 12.7. The first kappa shape index (κ1) is 15.1. The highest BCUT2D eigenvalue weighted by Crippen LogP contribution is 2.31. The van der Waals surface area contributed by atoms with Crippen molar-refractivity contribution in [1.82, 2.24) is 15.1 Å². The molecular formula is C18H22N4O2. The summed E-state index contributed by atoms with van der Waals surface area (Å²) in [6.07, 6.45) is 7.46. The zero-order valence-corrected chi connectivity index (χ0v) is 13.8. The molecule has 1 aromatic heterocycles. The number of benzene rings is 1. The average molecular weight is 326 g/mol. The number of ether oxygens (including phenoxy) is 1. The quantitative estimate of drug-likeness (QED) is 0.910. The van der Waals surface area contributed by atoms with Crippen LogP contribution in [0.25, 0.3) is 5.69 Å². The molecule has 2 N–H and O–H groups in total. The molecule has 1 fully saturated rings. The average Bonchev–Trinajstić information content (AvgIpc) is 3.06. The van der Waals surface area contributed by atoms with Crippen LogP contribution in [0.4, 0.5) is 5.82 Å². The predicted octanol–water partition coefficient (Wildman–Crippen LogP) is 2.87. The summed E-state index contributed by atoms with van der Waals surface area (Å²) < 4.78 is 7.10. The van der Waals surface area contributed by atoms with Gasteiger partial charge in [-0.25, -0.2) is 4.68 Å². The van der Waals surface area contributed by atoms with E-state index < -0.39 is 0 Å². The van der Waals surface area contributed by atoms with Crippen LogP contribution in [0.2, 0.25) is 0 Å². The van der Waals surface area contributed by atoms with E-state index in [-0.39, 0.29) is 11.9 Å². The molecule has 0 unspecified atom stereocenters. The second kappa shape index (κ2) is 6.19. The van der Waals surface area contributed by atoms with E-state index in [0.717, 1.165) is 35.7 Å². The number of rotatable bonds is 3. The van der Waals surface area contributed by atoms with Gasteiger partial charge in [0.25, 0.3) is 5.91 Å². The number of hydrogen-bond acceptors (Lipinski definition) is 4. The first-order valence-electron chi connectivity index (χ1n) is 8.56. The van der Waals surface area contributed by atoms with Crippen LogP contribution in [-0.4, -0.2) is 28.8 Å². The van der Waals surface area contributed by atoms with Gasteiger partial charge in [0.2, 0.25) is 0 Å². The third-order valence-corrected chi connectivity index (χ3v) is 4.92. The number of carbonyl (C=O) groups is 1. The molecule has 126 valence electrons. The van der Waals surface area contributed by atoms with Crippen LogP contribution in [0.15, 0.2) is 24.4 Å². The van der Waals surface area contributed by atoms with Gasteiger partial charge in [0, 0.05) is 18.7 Å². The molecule has 0 radical (unpaired) electrons. The van der Waals surface area contributed by atoms with E-state index in [0.29, 0.717) is 12.1 Å². The van der Waals surface area contributed by atoms with E-state index in [1.807, 2.05) is 18.2 Å². The Morgan fingerprint density at radius 2 is 2.17 bits per heavy atom. The molecule has 2 aromatic rings. The first-order chi connectivity index (χ1) is 11.8. The number of anilines is 1. The monoisotopic (exact) mass is 326 g/mol. The molecule has 0 atom stereocenters. The third-order valence-electron chi connectivity index (χ3n) is 4.92. The third kappa shape index (κ3) is 2.62.